The molecule has 2 heterocycles. The second-order valence-electron chi connectivity index (χ2n) is 5.83. The molecule has 0 bridgehead atoms. The first-order chi connectivity index (χ1) is 9.05. The van der Waals surface area contributed by atoms with Crippen LogP contribution in [0.3, 0.4) is 0 Å². The third-order valence-electron chi connectivity index (χ3n) is 4.53. The van der Waals surface area contributed by atoms with Crippen LogP contribution in [0.5, 0.6) is 0 Å². The lowest BCUT2D eigenvalue weighted by atomic mass is 9.84. The highest BCUT2D eigenvalue weighted by atomic mass is 16.6. The van der Waals surface area contributed by atoms with Gasteiger partial charge < -0.3 is 9.47 Å². The van der Waals surface area contributed by atoms with Crippen molar-refractivity contribution in [2.45, 2.75) is 50.4 Å². The van der Waals surface area contributed by atoms with E-state index in [2.05, 4.69) is 6.58 Å². The van der Waals surface area contributed by atoms with Crippen molar-refractivity contribution >= 4 is 12.3 Å². The van der Waals surface area contributed by atoms with Gasteiger partial charge in [-0.05, 0) is 38.2 Å². The van der Waals surface area contributed by atoms with Crippen molar-refractivity contribution in [3.8, 4) is 0 Å². The van der Waals surface area contributed by atoms with Crippen molar-refractivity contribution in [2.24, 2.45) is 5.92 Å². The van der Waals surface area contributed by atoms with Crippen molar-refractivity contribution in [1.29, 1.82) is 0 Å². The molecule has 2 aliphatic heterocycles. The number of fused-ring (bicyclic) bond motifs is 3. The Bertz CT molecular complexity index is 479. The van der Waals surface area contributed by atoms with E-state index in [9.17, 15) is 9.59 Å². The Labute approximate surface area is 112 Å². The molecule has 4 nitrogen and oxygen atoms in total. The molecule has 2 saturated heterocycles. The molecule has 0 saturated carbocycles. The first-order valence-electron chi connectivity index (χ1n) is 6.77. The molecule has 0 aromatic heterocycles. The number of carbonyl (C=O) groups is 2. The average molecular weight is 262 g/mol. The minimum Gasteiger partial charge on any atom is -0.455 e. The third kappa shape index (κ3) is 2.04. The number of epoxide rings is 1. The molecule has 102 valence electrons. The van der Waals surface area contributed by atoms with Crippen molar-refractivity contribution in [1.82, 2.24) is 0 Å². The lowest BCUT2D eigenvalue weighted by Gasteiger charge is -2.18. The Balaban J connectivity index is 1.88. The molecule has 0 aromatic rings. The Morgan fingerprint density at radius 1 is 1.53 bits per heavy atom. The van der Waals surface area contributed by atoms with Gasteiger partial charge in [-0.3, -0.25) is 4.79 Å². The number of hydrogen-bond donors (Lipinski definition) is 0. The van der Waals surface area contributed by atoms with E-state index in [1.807, 2.05) is 13.0 Å². The average Bonchev–Trinajstić information content (AvgIpc) is 2.97. The highest BCUT2D eigenvalue weighted by Crippen LogP contribution is 2.49. The zero-order valence-corrected chi connectivity index (χ0v) is 11.1. The predicted octanol–water partition coefficient (Wildman–Crippen LogP) is 1.94. The number of ether oxygens (including phenoxy) is 2. The Hall–Kier alpha value is -1.42. The summed E-state index contributed by atoms with van der Waals surface area (Å²) >= 11 is 0. The second-order valence-corrected chi connectivity index (χ2v) is 5.83. The van der Waals surface area contributed by atoms with Crippen molar-refractivity contribution in [3.63, 3.8) is 0 Å². The number of hydrogen-bond acceptors (Lipinski definition) is 4. The summed E-state index contributed by atoms with van der Waals surface area (Å²) in [6.07, 6.45) is 5.71. The maximum Gasteiger partial charge on any atom is 0.334 e. The van der Waals surface area contributed by atoms with E-state index in [1.54, 1.807) is 0 Å². The molecule has 19 heavy (non-hydrogen) atoms. The lowest BCUT2D eigenvalue weighted by Crippen LogP contribution is -2.28. The molecule has 4 atom stereocenters. The van der Waals surface area contributed by atoms with Crippen molar-refractivity contribution in [2.75, 3.05) is 0 Å². The molecule has 0 amide bonds. The van der Waals surface area contributed by atoms with Crippen LogP contribution in [0, 0.1) is 5.92 Å². The first kappa shape index (κ1) is 12.6. The van der Waals surface area contributed by atoms with E-state index >= 15 is 0 Å². The predicted molar refractivity (Wildman–Crippen MR) is 68.4 cm³/mol. The maximum atomic E-state index is 11.7. The summed E-state index contributed by atoms with van der Waals surface area (Å²) in [5, 5.41) is 0. The number of esters is 1. The first-order valence-corrected chi connectivity index (χ1v) is 6.77. The molecular weight excluding hydrogens is 244 g/mol. The highest BCUT2D eigenvalue weighted by Gasteiger charge is 2.61. The van der Waals surface area contributed by atoms with Gasteiger partial charge in [0.15, 0.2) is 0 Å². The van der Waals surface area contributed by atoms with E-state index in [0.717, 1.165) is 31.1 Å². The van der Waals surface area contributed by atoms with E-state index < -0.39 is 0 Å². The van der Waals surface area contributed by atoms with Gasteiger partial charge in [-0.2, -0.15) is 0 Å². The van der Waals surface area contributed by atoms with Crippen molar-refractivity contribution in [3.05, 3.63) is 23.8 Å². The molecule has 2 fully saturated rings. The summed E-state index contributed by atoms with van der Waals surface area (Å²) in [5.74, 6) is -0.343. The van der Waals surface area contributed by atoms with Crippen molar-refractivity contribution < 1.29 is 19.1 Å². The molecule has 0 radical (unpaired) electrons. The number of carbonyl (C=O) groups excluding carboxylic acids is 2. The van der Waals surface area contributed by atoms with Crippen LogP contribution < -0.4 is 0 Å². The maximum absolute atomic E-state index is 11.7. The number of rotatable bonds is 1. The van der Waals surface area contributed by atoms with Gasteiger partial charge in [-0.15, -0.1) is 0 Å². The van der Waals surface area contributed by atoms with E-state index in [4.69, 9.17) is 9.47 Å². The summed E-state index contributed by atoms with van der Waals surface area (Å²) in [7, 11) is 0. The van der Waals surface area contributed by atoms with Crippen LogP contribution in [-0.4, -0.2) is 30.1 Å². The van der Waals surface area contributed by atoms with Crippen LogP contribution in [0.2, 0.25) is 0 Å². The van der Waals surface area contributed by atoms with Crippen LogP contribution in [-0.2, 0) is 19.1 Å². The third-order valence-corrected chi connectivity index (χ3v) is 4.53. The van der Waals surface area contributed by atoms with Gasteiger partial charge >= 0.3 is 5.97 Å². The molecule has 0 N–H and O–H groups in total. The van der Waals surface area contributed by atoms with Crippen LogP contribution in [0.1, 0.15) is 32.6 Å². The largest absolute Gasteiger partial charge is 0.455 e. The minimum atomic E-state index is -0.316. The Morgan fingerprint density at radius 3 is 3.05 bits per heavy atom. The summed E-state index contributed by atoms with van der Waals surface area (Å²) in [6.45, 7) is 5.88. The van der Waals surface area contributed by atoms with E-state index in [1.165, 1.54) is 0 Å². The van der Waals surface area contributed by atoms with Crippen LogP contribution in [0.15, 0.2) is 23.8 Å². The fourth-order valence-corrected chi connectivity index (χ4v) is 3.19. The lowest BCUT2D eigenvalue weighted by molar-refractivity contribution is -0.140. The van der Waals surface area contributed by atoms with Crippen LogP contribution in [0.25, 0.3) is 0 Å². The summed E-state index contributed by atoms with van der Waals surface area (Å²) in [4.78, 5) is 22.7. The molecule has 4 heteroatoms. The zero-order valence-electron chi connectivity index (χ0n) is 11.1. The summed E-state index contributed by atoms with van der Waals surface area (Å²) in [5.41, 5.74) is 1.10. The standard InChI is InChI=1S/C15H18O4/c1-9-11-6-5-10(8-16)4-3-7-15(2)13(19-15)12(11)18-14(9)17/h4,8,11-13H,1,3,5-7H2,2H3/b10-4+/t11-,12-,13-,15+/m0/s1. The van der Waals surface area contributed by atoms with Gasteiger partial charge in [0.05, 0.1) is 5.60 Å². The SMILES string of the molecule is C=C1C(=O)O[C@H]2[C@H]1CC/C(C=O)=C\CC[C@@]1(C)O[C@@H]21. The minimum absolute atomic E-state index is 0.0214. The van der Waals surface area contributed by atoms with Gasteiger partial charge in [0.1, 0.15) is 18.5 Å². The number of allylic oxidation sites excluding steroid dienone is 2. The summed E-state index contributed by atoms with van der Waals surface area (Å²) < 4.78 is 11.2. The fourth-order valence-electron chi connectivity index (χ4n) is 3.19. The quantitative estimate of drug-likeness (QED) is 0.313. The molecule has 3 rings (SSSR count). The molecule has 0 spiro atoms. The monoisotopic (exact) mass is 262 g/mol. The van der Waals surface area contributed by atoms with Gasteiger partial charge in [0.25, 0.3) is 0 Å². The second kappa shape index (κ2) is 4.30. The Kier molecular flexibility index (Phi) is 2.86. The van der Waals surface area contributed by atoms with Crippen LogP contribution >= 0.6 is 0 Å². The smallest absolute Gasteiger partial charge is 0.334 e. The Morgan fingerprint density at radius 2 is 2.32 bits per heavy atom. The van der Waals surface area contributed by atoms with E-state index in [0.29, 0.717) is 12.0 Å². The highest BCUT2D eigenvalue weighted by molar-refractivity contribution is 5.91. The zero-order chi connectivity index (χ0) is 13.6. The van der Waals surface area contributed by atoms with Gasteiger partial charge in [-0.25, -0.2) is 4.79 Å². The summed E-state index contributed by atoms with van der Waals surface area (Å²) in [6, 6.07) is 0. The molecule has 0 aromatic carbocycles. The van der Waals surface area contributed by atoms with E-state index in [-0.39, 0.29) is 29.7 Å². The molecule has 0 unspecified atom stereocenters. The molecule has 1 aliphatic carbocycles. The van der Waals surface area contributed by atoms with Crippen LogP contribution in [0.4, 0.5) is 0 Å². The topological polar surface area (TPSA) is 55.9 Å². The van der Waals surface area contributed by atoms with Gasteiger partial charge in [-0.1, -0.05) is 12.7 Å². The fraction of sp³-hybridized carbons (Fsp3) is 0.600. The molecule has 3 aliphatic rings. The number of aldehydes is 1. The van der Waals surface area contributed by atoms with Gasteiger partial charge in [0.2, 0.25) is 0 Å². The normalized spacial score (nSPS) is 44.5. The molecular formula is C15H18O4. The van der Waals surface area contributed by atoms with Gasteiger partial charge in [0, 0.05) is 11.5 Å².